The molecule has 0 radical (unpaired) electrons. The summed E-state index contributed by atoms with van der Waals surface area (Å²) in [6.07, 6.45) is -1.63. The third kappa shape index (κ3) is 5.15. The van der Waals surface area contributed by atoms with Crippen molar-refractivity contribution in [2.24, 2.45) is 0 Å². The minimum absolute atomic E-state index is 0.0303. The number of hydrogen-bond donors (Lipinski definition) is 1. The molecule has 4 nitrogen and oxygen atoms in total. The Morgan fingerprint density at radius 3 is 1.79 bits per heavy atom. The first-order valence-corrected chi connectivity index (χ1v) is 12.6. The summed E-state index contributed by atoms with van der Waals surface area (Å²) in [5, 5.41) is 11.7. The van der Waals surface area contributed by atoms with Gasteiger partial charge in [0.2, 0.25) is 0 Å². The fourth-order valence-electron chi connectivity index (χ4n) is 4.04. The van der Waals surface area contributed by atoms with Gasteiger partial charge in [0.05, 0.1) is 5.56 Å². The highest BCUT2D eigenvalue weighted by Gasteiger charge is 2.52. The average molecular weight is 471 g/mol. The molecule has 0 aliphatic rings. The van der Waals surface area contributed by atoms with E-state index in [2.05, 4.69) is 20.8 Å². The predicted molar refractivity (Wildman–Crippen MR) is 126 cm³/mol. The fourth-order valence-corrected chi connectivity index (χ4v) is 8.45. The minimum Gasteiger partial charge on any atom is -0.534 e. The van der Waals surface area contributed by atoms with Gasteiger partial charge >= 0.3 is 14.3 Å². The SMILES string of the molecule is CC(=O)OCC(O)c1c(F)cc(O[Si](c2ccccc2)(c2ccccc2)C(C)(C)C)cc1F. The second kappa shape index (κ2) is 9.85. The van der Waals surface area contributed by atoms with Crippen LogP contribution in [0.2, 0.25) is 5.04 Å². The number of hydrogen-bond acceptors (Lipinski definition) is 4. The number of benzene rings is 3. The molecule has 0 heterocycles. The summed E-state index contributed by atoms with van der Waals surface area (Å²) in [5.74, 6) is -2.56. The molecular formula is C26H28F2O4Si. The van der Waals surface area contributed by atoms with Crippen LogP contribution in [-0.4, -0.2) is 26.0 Å². The van der Waals surface area contributed by atoms with Crippen LogP contribution < -0.4 is 14.8 Å². The van der Waals surface area contributed by atoms with Crippen molar-refractivity contribution in [3.63, 3.8) is 0 Å². The van der Waals surface area contributed by atoms with Crippen LogP contribution in [0.3, 0.4) is 0 Å². The summed E-state index contributed by atoms with van der Waals surface area (Å²) in [5.41, 5.74) is -0.564. The van der Waals surface area contributed by atoms with Crippen LogP contribution in [0.4, 0.5) is 8.78 Å². The van der Waals surface area contributed by atoms with Crippen molar-refractivity contribution in [3.05, 3.63) is 90.0 Å². The first-order chi connectivity index (χ1) is 15.6. The first-order valence-electron chi connectivity index (χ1n) is 10.7. The summed E-state index contributed by atoms with van der Waals surface area (Å²) >= 11 is 0. The second-order valence-corrected chi connectivity index (χ2v) is 13.1. The van der Waals surface area contributed by atoms with Crippen molar-refractivity contribution in [2.45, 2.75) is 38.8 Å². The lowest BCUT2D eigenvalue weighted by atomic mass is 10.1. The van der Waals surface area contributed by atoms with Crippen molar-refractivity contribution in [1.29, 1.82) is 0 Å². The summed E-state index contributed by atoms with van der Waals surface area (Å²) < 4.78 is 41.2. The number of esters is 1. The maximum absolute atomic E-state index is 15.0. The number of aliphatic hydroxyl groups is 1. The van der Waals surface area contributed by atoms with Gasteiger partial charge in [-0.1, -0.05) is 81.4 Å². The van der Waals surface area contributed by atoms with Gasteiger partial charge in [-0.25, -0.2) is 8.78 Å². The highest BCUT2D eigenvalue weighted by molar-refractivity contribution is 7.00. The molecule has 3 aromatic rings. The minimum atomic E-state index is -3.08. The van der Waals surface area contributed by atoms with Crippen LogP contribution in [0, 0.1) is 11.6 Å². The molecule has 0 aliphatic carbocycles. The maximum Gasteiger partial charge on any atom is 0.319 e. The summed E-state index contributed by atoms with van der Waals surface area (Å²) in [6.45, 7) is 6.79. The molecule has 0 aliphatic heterocycles. The van der Waals surface area contributed by atoms with E-state index in [1.807, 2.05) is 60.7 Å². The molecule has 33 heavy (non-hydrogen) atoms. The van der Waals surface area contributed by atoms with Crippen LogP contribution in [0.1, 0.15) is 39.4 Å². The molecular weight excluding hydrogens is 442 g/mol. The summed E-state index contributed by atoms with van der Waals surface area (Å²) in [4.78, 5) is 11.0. The van der Waals surface area contributed by atoms with Crippen molar-refractivity contribution >= 4 is 24.7 Å². The number of halogens is 2. The second-order valence-electron chi connectivity index (χ2n) is 8.88. The third-order valence-electron chi connectivity index (χ3n) is 5.52. The first kappa shape index (κ1) is 24.6. The molecule has 1 unspecified atom stereocenters. The molecule has 0 saturated heterocycles. The third-order valence-corrected chi connectivity index (χ3v) is 10.5. The molecule has 3 rings (SSSR count). The Kier molecular flexibility index (Phi) is 7.34. The lowest BCUT2D eigenvalue weighted by molar-refractivity contribution is -0.144. The Hall–Kier alpha value is -3.03. The highest BCUT2D eigenvalue weighted by atomic mass is 28.4. The molecule has 1 atom stereocenters. The van der Waals surface area contributed by atoms with E-state index in [9.17, 15) is 18.7 Å². The van der Waals surface area contributed by atoms with Crippen molar-refractivity contribution < 1.29 is 27.8 Å². The van der Waals surface area contributed by atoms with E-state index in [1.165, 1.54) is 0 Å². The quantitative estimate of drug-likeness (QED) is 0.408. The molecule has 0 bridgehead atoms. The monoisotopic (exact) mass is 470 g/mol. The topological polar surface area (TPSA) is 55.8 Å². The van der Waals surface area contributed by atoms with Crippen LogP contribution in [-0.2, 0) is 9.53 Å². The van der Waals surface area contributed by atoms with Crippen LogP contribution in [0.25, 0.3) is 0 Å². The van der Waals surface area contributed by atoms with Gasteiger partial charge in [0, 0.05) is 19.1 Å². The van der Waals surface area contributed by atoms with Gasteiger partial charge in [-0.05, 0) is 15.4 Å². The number of rotatable bonds is 7. The normalized spacial score (nSPS) is 12.8. The average Bonchev–Trinajstić information content (AvgIpc) is 2.76. The molecule has 0 amide bonds. The molecule has 0 aromatic heterocycles. The van der Waals surface area contributed by atoms with Gasteiger partial charge in [0.25, 0.3) is 0 Å². The Morgan fingerprint density at radius 2 is 1.39 bits per heavy atom. The summed E-state index contributed by atoms with van der Waals surface area (Å²) in [7, 11) is -3.08. The van der Waals surface area contributed by atoms with E-state index in [-0.39, 0.29) is 5.75 Å². The van der Waals surface area contributed by atoms with Gasteiger partial charge in [-0.3, -0.25) is 4.79 Å². The van der Waals surface area contributed by atoms with Crippen LogP contribution in [0.5, 0.6) is 5.75 Å². The van der Waals surface area contributed by atoms with Gasteiger partial charge in [0.1, 0.15) is 30.1 Å². The number of carbonyl (C=O) groups excluding carboxylic acids is 1. The lowest BCUT2D eigenvalue weighted by Gasteiger charge is -2.43. The van der Waals surface area contributed by atoms with Crippen molar-refractivity contribution in [3.8, 4) is 5.75 Å². The fraction of sp³-hybridized carbons (Fsp3) is 0.269. The highest BCUT2D eigenvalue weighted by Crippen LogP contribution is 2.38. The van der Waals surface area contributed by atoms with E-state index in [0.29, 0.717) is 0 Å². The molecule has 0 fully saturated rings. The van der Waals surface area contributed by atoms with Crippen molar-refractivity contribution in [2.75, 3.05) is 6.61 Å². The molecule has 3 aromatic carbocycles. The zero-order chi connectivity index (χ0) is 24.2. The number of aliphatic hydroxyl groups excluding tert-OH is 1. The van der Waals surface area contributed by atoms with E-state index in [1.54, 1.807) is 0 Å². The zero-order valence-electron chi connectivity index (χ0n) is 19.1. The lowest BCUT2D eigenvalue weighted by Crippen LogP contribution is -2.68. The largest absolute Gasteiger partial charge is 0.534 e. The van der Waals surface area contributed by atoms with E-state index in [4.69, 9.17) is 9.16 Å². The Morgan fingerprint density at radius 1 is 0.939 bits per heavy atom. The Labute approximate surface area is 193 Å². The maximum atomic E-state index is 15.0. The van der Waals surface area contributed by atoms with Gasteiger partial charge in [0.15, 0.2) is 0 Å². The predicted octanol–water partition coefficient (Wildman–Crippen LogP) is 4.50. The zero-order valence-corrected chi connectivity index (χ0v) is 20.1. The summed E-state index contributed by atoms with van der Waals surface area (Å²) in [6, 6.07) is 21.6. The Bertz CT molecular complexity index is 1040. The van der Waals surface area contributed by atoms with E-state index in [0.717, 1.165) is 29.4 Å². The smallest absolute Gasteiger partial charge is 0.319 e. The van der Waals surface area contributed by atoms with Crippen molar-refractivity contribution in [1.82, 2.24) is 0 Å². The van der Waals surface area contributed by atoms with Crippen LogP contribution >= 0.6 is 0 Å². The van der Waals surface area contributed by atoms with Crippen LogP contribution in [0.15, 0.2) is 72.8 Å². The van der Waals surface area contributed by atoms with Gasteiger partial charge in [-0.2, -0.15) is 0 Å². The molecule has 0 saturated carbocycles. The van der Waals surface area contributed by atoms with Gasteiger partial charge in [-0.15, -0.1) is 0 Å². The molecule has 7 heteroatoms. The van der Waals surface area contributed by atoms with E-state index < -0.39 is 49.2 Å². The molecule has 0 spiro atoms. The van der Waals surface area contributed by atoms with E-state index >= 15 is 0 Å². The standard InChI is InChI=1S/C26H28F2O4Si/c1-18(29)31-17-24(30)25-22(27)15-19(16-23(25)28)32-33(26(2,3)4,20-11-7-5-8-12-20)21-13-9-6-10-14-21/h5-16,24,30H,17H2,1-4H3. The van der Waals surface area contributed by atoms with Gasteiger partial charge < -0.3 is 14.3 Å². The molecule has 1 N–H and O–H groups in total. The number of carbonyl (C=O) groups is 1. The number of ether oxygens (including phenoxy) is 1. The Balaban J connectivity index is 2.12. The molecule has 174 valence electrons.